The number of aliphatic hydroxyl groups is 1. The van der Waals surface area contributed by atoms with Crippen molar-refractivity contribution in [2.45, 2.75) is 0 Å². The topological polar surface area (TPSA) is 46.2 Å². The van der Waals surface area contributed by atoms with Gasteiger partial charge in [-0.05, 0) is 0 Å². The molecule has 0 bridgehead atoms. The molecule has 0 fully saturated rings. The molecule has 0 aliphatic carbocycles. The SMILES string of the molecule is NC[14CH2]O. The van der Waals surface area contributed by atoms with Crippen LogP contribution in [-0.2, 0) is 0 Å². The molecule has 0 saturated heterocycles. The molecule has 0 amide bonds. The molecule has 0 atom stereocenters. The van der Waals surface area contributed by atoms with Crippen molar-refractivity contribution in [1.29, 1.82) is 0 Å². The number of hydrogen-bond donors (Lipinski definition) is 2. The van der Waals surface area contributed by atoms with Crippen LogP contribution in [0.15, 0.2) is 0 Å². The van der Waals surface area contributed by atoms with Crippen molar-refractivity contribution in [2.24, 2.45) is 5.73 Å². The second kappa shape index (κ2) is 2.92. The number of rotatable bonds is 1. The highest BCUT2D eigenvalue weighted by atomic mass is 16.5. The molecular formula is C2H7NO. The van der Waals surface area contributed by atoms with E-state index < -0.39 is 0 Å². The molecule has 0 rings (SSSR count). The standard InChI is InChI=1S/C2H7NO/c3-1-2-4/h4H,1-3H2/i2+2. The monoisotopic (exact) mass is 63.1 g/mol. The van der Waals surface area contributed by atoms with Crippen molar-refractivity contribution in [2.75, 3.05) is 13.2 Å². The van der Waals surface area contributed by atoms with Crippen LogP contribution in [0.2, 0.25) is 0 Å². The van der Waals surface area contributed by atoms with Gasteiger partial charge in [-0.1, -0.05) is 0 Å². The lowest BCUT2D eigenvalue weighted by Crippen LogP contribution is -2.02. The Balaban J connectivity index is 1.97. The molecule has 0 aliphatic rings. The highest BCUT2D eigenvalue weighted by molar-refractivity contribution is 4.17. The summed E-state index contributed by atoms with van der Waals surface area (Å²) >= 11 is 0. The molecule has 0 spiro atoms. The summed E-state index contributed by atoms with van der Waals surface area (Å²) < 4.78 is 0. The third-order valence-corrected chi connectivity index (χ3v) is 0.129. The molecule has 2 heteroatoms. The van der Waals surface area contributed by atoms with E-state index in [1.807, 2.05) is 0 Å². The van der Waals surface area contributed by atoms with E-state index in [2.05, 4.69) is 0 Å². The maximum atomic E-state index is 7.75. The van der Waals surface area contributed by atoms with E-state index in [0.29, 0.717) is 6.54 Å². The van der Waals surface area contributed by atoms with Crippen LogP contribution in [0.5, 0.6) is 0 Å². The van der Waals surface area contributed by atoms with Crippen molar-refractivity contribution < 1.29 is 5.11 Å². The van der Waals surface area contributed by atoms with Crippen LogP contribution >= 0.6 is 0 Å². The fraction of sp³-hybridized carbons (Fsp3) is 1.00. The van der Waals surface area contributed by atoms with Gasteiger partial charge in [0.1, 0.15) is 0 Å². The minimum absolute atomic E-state index is 0.0972. The maximum Gasteiger partial charge on any atom is 0.0553 e. The zero-order valence-electron chi connectivity index (χ0n) is 2.44. The highest BCUT2D eigenvalue weighted by Crippen LogP contribution is 1.33. The minimum atomic E-state index is 0.0972. The van der Waals surface area contributed by atoms with Gasteiger partial charge in [0.25, 0.3) is 0 Å². The third-order valence-electron chi connectivity index (χ3n) is 0.129. The largest absolute Gasteiger partial charge is 0.395 e. The maximum absolute atomic E-state index is 7.75. The van der Waals surface area contributed by atoms with Crippen LogP contribution in [0.25, 0.3) is 0 Å². The van der Waals surface area contributed by atoms with Crippen LogP contribution < -0.4 is 5.73 Å². The molecule has 0 aromatic rings. The molecule has 0 aromatic heterocycles. The Morgan fingerprint density at radius 2 is 2.25 bits per heavy atom. The fourth-order valence-electron chi connectivity index (χ4n) is 0. The molecule has 0 aliphatic heterocycles. The molecule has 0 aromatic carbocycles. The van der Waals surface area contributed by atoms with Gasteiger partial charge in [-0.2, -0.15) is 0 Å². The number of aliphatic hydroxyl groups excluding tert-OH is 1. The van der Waals surface area contributed by atoms with E-state index >= 15 is 0 Å². The predicted molar refractivity (Wildman–Crippen MR) is 16.1 cm³/mol. The lowest BCUT2D eigenvalue weighted by Gasteiger charge is -1.71. The first-order valence-electron chi connectivity index (χ1n) is 1.22. The van der Waals surface area contributed by atoms with E-state index in [-0.39, 0.29) is 6.61 Å². The van der Waals surface area contributed by atoms with Crippen molar-refractivity contribution in [1.82, 2.24) is 0 Å². The summed E-state index contributed by atoms with van der Waals surface area (Å²) in [5.74, 6) is 0. The van der Waals surface area contributed by atoms with E-state index in [1.165, 1.54) is 0 Å². The Morgan fingerprint density at radius 3 is 2.25 bits per heavy atom. The molecule has 4 heavy (non-hydrogen) atoms. The summed E-state index contributed by atoms with van der Waals surface area (Å²) in [5, 5.41) is 7.75. The Bertz CT molecular complexity index is 8.00. The smallest absolute Gasteiger partial charge is 0.0553 e. The van der Waals surface area contributed by atoms with Crippen molar-refractivity contribution in [3.63, 3.8) is 0 Å². The van der Waals surface area contributed by atoms with Crippen LogP contribution in [0.4, 0.5) is 0 Å². The average Bonchev–Trinajstić information content (AvgIpc) is 1.37. The molecule has 2 nitrogen and oxygen atoms in total. The minimum Gasteiger partial charge on any atom is -0.395 e. The first-order chi connectivity index (χ1) is 1.91. The van der Waals surface area contributed by atoms with Crippen LogP contribution in [0, 0.1) is 0 Å². The Kier molecular flexibility index (Phi) is 2.86. The van der Waals surface area contributed by atoms with Gasteiger partial charge in [0.05, 0.1) is 6.61 Å². The summed E-state index contributed by atoms with van der Waals surface area (Å²) in [7, 11) is 0. The van der Waals surface area contributed by atoms with Crippen LogP contribution in [0.1, 0.15) is 0 Å². The van der Waals surface area contributed by atoms with Crippen LogP contribution in [-0.4, -0.2) is 18.3 Å². The van der Waals surface area contributed by atoms with Crippen molar-refractivity contribution >= 4 is 0 Å². The summed E-state index contributed by atoms with van der Waals surface area (Å²) in [6.07, 6.45) is 0. The van der Waals surface area contributed by atoms with E-state index in [9.17, 15) is 0 Å². The first kappa shape index (κ1) is 3.92. The van der Waals surface area contributed by atoms with E-state index in [1.54, 1.807) is 0 Å². The second-order valence-electron chi connectivity index (χ2n) is 0.512. The summed E-state index contributed by atoms with van der Waals surface area (Å²) in [6.45, 7) is 0.472. The van der Waals surface area contributed by atoms with Crippen LogP contribution in [0.3, 0.4) is 0 Å². The summed E-state index contributed by atoms with van der Waals surface area (Å²) in [6, 6.07) is 0. The van der Waals surface area contributed by atoms with Gasteiger partial charge in [0, 0.05) is 6.54 Å². The predicted octanol–water partition coefficient (Wildman–Crippen LogP) is -1.06. The average molecular weight is 63.1 g/mol. The molecular weight excluding hydrogens is 56.0 g/mol. The van der Waals surface area contributed by atoms with Crippen molar-refractivity contribution in [3.05, 3.63) is 0 Å². The quantitative estimate of drug-likeness (QED) is 0.407. The molecule has 26 valence electrons. The van der Waals surface area contributed by atoms with Gasteiger partial charge in [-0.25, -0.2) is 0 Å². The number of hydrogen-bond acceptors (Lipinski definition) is 2. The van der Waals surface area contributed by atoms with Gasteiger partial charge in [-0.15, -0.1) is 0 Å². The molecule has 0 radical (unpaired) electrons. The molecule has 0 heterocycles. The van der Waals surface area contributed by atoms with Gasteiger partial charge in [0.15, 0.2) is 0 Å². The second-order valence-corrected chi connectivity index (χ2v) is 0.512. The Hall–Kier alpha value is -0.0800. The number of nitrogens with two attached hydrogens (primary N) is 1. The highest BCUT2D eigenvalue weighted by Gasteiger charge is 1.56. The first-order valence-corrected chi connectivity index (χ1v) is 1.22. The van der Waals surface area contributed by atoms with Crippen molar-refractivity contribution in [3.8, 4) is 0 Å². The van der Waals surface area contributed by atoms with E-state index in [4.69, 9.17) is 10.8 Å². The third kappa shape index (κ3) is 1.92. The molecule has 0 saturated carbocycles. The summed E-state index contributed by atoms with van der Waals surface area (Å²) in [5.41, 5.74) is 4.78. The zero-order valence-corrected chi connectivity index (χ0v) is 2.44. The molecule has 3 N–H and O–H groups in total. The Morgan fingerprint density at radius 1 is 2.00 bits per heavy atom. The fourth-order valence-corrected chi connectivity index (χ4v) is 0. The van der Waals surface area contributed by atoms with E-state index in [0.717, 1.165) is 0 Å². The van der Waals surface area contributed by atoms with Gasteiger partial charge < -0.3 is 10.8 Å². The normalized spacial score (nSPS) is 7.50. The van der Waals surface area contributed by atoms with Gasteiger partial charge in [-0.3, -0.25) is 0 Å². The lowest BCUT2D eigenvalue weighted by molar-refractivity contribution is 0.306. The van der Waals surface area contributed by atoms with Gasteiger partial charge in [0.2, 0.25) is 0 Å². The Labute approximate surface area is 25.2 Å². The molecule has 0 unspecified atom stereocenters. The van der Waals surface area contributed by atoms with Gasteiger partial charge >= 0.3 is 0 Å². The lowest BCUT2D eigenvalue weighted by atomic mass is 11.3. The summed E-state index contributed by atoms with van der Waals surface area (Å²) in [4.78, 5) is 0. The zero-order chi connectivity index (χ0) is 3.41.